The summed E-state index contributed by atoms with van der Waals surface area (Å²) in [6, 6.07) is 3.56. The standard InChI is InChI=1S/C14H18N2O3/c1-8-6-16(7-12(8)14(18)19)13(17)11-5-4-9(2)15-10(11)3/h4-5,8,12H,6-7H2,1-3H3,(H,18,19). The Hall–Kier alpha value is -1.91. The number of rotatable bonds is 2. The molecule has 1 fully saturated rings. The minimum atomic E-state index is -0.832. The largest absolute Gasteiger partial charge is 0.481 e. The van der Waals surface area contributed by atoms with Crippen LogP contribution in [0.25, 0.3) is 0 Å². The van der Waals surface area contributed by atoms with Crippen LogP contribution in [0, 0.1) is 25.7 Å². The summed E-state index contributed by atoms with van der Waals surface area (Å²) in [6.45, 7) is 6.31. The summed E-state index contributed by atoms with van der Waals surface area (Å²) in [7, 11) is 0. The van der Waals surface area contributed by atoms with Gasteiger partial charge in [-0.3, -0.25) is 14.6 Å². The molecule has 2 heterocycles. The van der Waals surface area contributed by atoms with E-state index in [1.807, 2.05) is 13.8 Å². The van der Waals surface area contributed by atoms with Crippen LogP contribution in [-0.4, -0.2) is 40.0 Å². The van der Waals surface area contributed by atoms with Gasteiger partial charge in [-0.05, 0) is 31.9 Å². The number of hydrogen-bond acceptors (Lipinski definition) is 3. The normalized spacial score (nSPS) is 22.6. The molecule has 0 bridgehead atoms. The summed E-state index contributed by atoms with van der Waals surface area (Å²) >= 11 is 0. The van der Waals surface area contributed by atoms with Gasteiger partial charge < -0.3 is 10.0 Å². The fourth-order valence-corrected chi connectivity index (χ4v) is 2.54. The van der Waals surface area contributed by atoms with E-state index in [4.69, 9.17) is 5.11 Å². The molecule has 5 nitrogen and oxygen atoms in total. The highest BCUT2D eigenvalue weighted by molar-refractivity contribution is 5.95. The lowest BCUT2D eigenvalue weighted by Crippen LogP contribution is -2.30. The lowest BCUT2D eigenvalue weighted by atomic mass is 9.99. The van der Waals surface area contributed by atoms with Crippen molar-refractivity contribution in [3.8, 4) is 0 Å². The second-order valence-corrected chi connectivity index (χ2v) is 5.22. The van der Waals surface area contributed by atoms with Gasteiger partial charge in [0.15, 0.2) is 0 Å². The molecule has 2 rings (SSSR count). The van der Waals surface area contributed by atoms with E-state index < -0.39 is 11.9 Å². The first kappa shape index (κ1) is 13.5. The zero-order valence-electron chi connectivity index (χ0n) is 11.4. The van der Waals surface area contributed by atoms with Crippen LogP contribution in [0.2, 0.25) is 0 Å². The van der Waals surface area contributed by atoms with E-state index in [-0.39, 0.29) is 18.4 Å². The highest BCUT2D eigenvalue weighted by atomic mass is 16.4. The molecule has 0 radical (unpaired) electrons. The van der Waals surface area contributed by atoms with E-state index in [1.165, 1.54) is 0 Å². The van der Waals surface area contributed by atoms with Crippen LogP contribution in [0.3, 0.4) is 0 Å². The van der Waals surface area contributed by atoms with E-state index in [0.717, 1.165) is 5.69 Å². The van der Waals surface area contributed by atoms with Crippen molar-refractivity contribution in [1.29, 1.82) is 0 Å². The number of likely N-dealkylation sites (tertiary alicyclic amines) is 1. The van der Waals surface area contributed by atoms with Crippen molar-refractivity contribution in [1.82, 2.24) is 9.88 Å². The van der Waals surface area contributed by atoms with Crippen LogP contribution in [-0.2, 0) is 4.79 Å². The maximum Gasteiger partial charge on any atom is 0.308 e. The van der Waals surface area contributed by atoms with Crippen LogP contribution in [0.15, 0.2) is 12.1 Å². The topological polar surface area (TPSA) is 70.5 Å². The molecule has 102 valence electrons. The third-order valence-electron chi connectivity index (χ3n) is 3.67. The summed E-state index contributed by atoms with van der Waals surface area (Å²) in [5, 5.41) is 9.09. The third-order valence-corrected chi connectivity index (χ3v) is 3.67. The molecule has 1 saturated heterocycles. The van der Waals surface area contributed by atoms with Crippen LogP contribution in [0.4, 0.5) is 0 Å². The summed E-state index contributed by atoms with van der Waals surface area (Å²) in [5.41, 5.74) is 2.12. The first-order valence-electron chi connectivity index (χ1n) is 6.36. The molecule has 19 heavy (non-hydrogen) atoms. The van der Waals surface area contributed by atoms with Gasteiger partial charge in [-0.2, -0.15) is 0 Å². The Kier molecular flexibility index (Phi) is 3.55. The van der Waals surface area contributed by atoms with E-state index in [0.29, 0.717) is 17.8 Å². The average molecular weight is 262 g/mol. The van der Waals surface area contributed by atoms with E-state index in [1.54, 1.807) is 24.0 Å². The van der Waals surface area contributed by atoms with E-state index in [9.17, 15) is 9.59 Å². The molecule has 1 aromatic heterocycles. The van der Waals surface area contributed by atoms with Crippen LogP contribution in [0.5, 0.6) is 0 Å². The van der Waals surface area contributed by atoms with Crippen molar-refractivity contribution in [2.75, 3.05) is 13.1 Å². The minimum Gasteiger partial charge on any atom is -0.481 e. The SMILES string of the molecule is Cc1ccc(C(=O)N2CC(C)C(C(=O)O)C2)c(C)n1. The number of nitrogens with zero attached hydrogens (tertiary/aromatic N) is 2. The molecule has 2 unspecified atom stereocenters. The molecule has 0 aliphatic carbocycles. The maximum absolute atomic E-state index is 12.4. The predicted octanol–water partition coefficient (Wildman–Crippen LogP) is 1.49. The average Bonchev–Trinajstić information content (AvgIpc) is 2.70. The fourth-order valence-electron chi connectivity index (χ4n) is 2.54. The number of carboxylic acids is 1. The summed E-state index contributed by atoms with van der Waals surface area (Å²) < 4.78 is 0. The number of amides is 1. The highest BCUT2D eigenvalue weighted by Crippen LogP contribution is 2.25. The smallest absolute Gasteiger partial charge is 0.308 e. The molecule has 1 aliphatic heterocycles. The monoisotopic (exact) mass is 262 g/mol. The Labute approximate surface area is 112 Å². The molecule has 1 N–H and O–H groups in total. The molecule has 2 atom stereocenters. The number of pyridine rings is 1. The van der Waals surface area contributed by atoms with Gasteiger partial charge in [-0.1, -0.05) is 6.92 Å². The van der Waals surface area contributed by atoms with Crippen LogP contribution in [0.1, 0.15) is 28.7 Å². The Morgan fingerprint density at radius 1 is 1.32 bits per heavy atom. The van der Waals surface area contributed by atoms with Crippen LogP contribution < -0.4 is 0 Å². The molecule has 1 amide bonds. The van der Waals surface area contributed by atoms with Gasteiger partial charge in [0, 0.05) is 18.8 Å². The second-order valence-electron chi connectivity index (χ2n) is 5.22. The molecule has 0 saturated carbocycles. The zero-order chi connectivity index (χ0) is 14.2. The lowest BCUT2D eigenvalue weighted by Gasteiger charge is -2.17. The number of carbonyl (C=O) groups is 2. The predicted molar refractivity (Wildman–Crippen MR) is 69.9 cm³/mol. The number of carbonyl (C=O) groups excluding carboxylic acids is 1. The summed E-state index contributed by atoms with van der Waals surface area (Å²) in [4.78, 5) is 29.4. The second kappa shape index (κ2) is 4.99. The van der Waals surface area contributed by atoms with Crippen molar-refractivity contribution in [3.05, 3.63) is 29.1 Å². The van der Waals surface area contributed by atoms with Gasteiger partial charge in [0.25, 0.3) is 5.91 Å². The van der Waals surface area contributed by atoms with Crippen molar-refractivity contribution in [3.63, 3.8) is 0 Å². The van der Waals surface area contributed by atoms with Gasteiger partial charge in [-0.25, -0.2) is 0 Å². The first-order chi connectivity index (χ1) is 8.90. The summed E-state index contributed by atoms with van der Waals surface area (Å²) in [6.07, 6.45) is 0. The summed E-state index contributed by atoms with van der Waals surface area (Å²) in [5.74, 6) is -1.44. The van der Waals surface area contributed by atoms with Crippen molar-refractivity contribution in [2.24, 2.45) is 11.8 Å². The van der Waals surface area contributed by atoms with Gasteiger partial charge in [0.2, 0.25) is 0 Å². The number of hydrogen-bond donors (Lipinski definition) is 1. The van der Waals surface area contributed by atoms with Crippen molar-refractivity contribution in [2.45, 2.75) is 20.8 Å². The van der Waals surface area contributed by atoms with E-state index in [2.05, 4.69) is 4.98 Å². The van der Waals surface area contributed by atoms with Gasteiger partial charge in [-0.15, -0.1) is 0 Å². The number of aliphatic carboxylic acids is 1. The van der Waals surface area contributed by atoms with Crippen LogP contribution >= 0.6 is 0 Å². The fraction of sp³-hybridized carbons (Fsp3) is 0.500. The third kappa shape index (κ3) is 2.59. The Balaban J connectivity index is 2.19. The minimum absolute atomic E-state index is 0.0137. The molecule has 1 aliphatic rings. The van der Waals surface area contributed by atoms with Gasteiger partial charge in [0.1, 0.15) is 0 Å². The molecule has 1 aromatic rings. The lowest BCUT2D eigenvalue weighted by molar-refractivity contribution is -0.142. The zero-order valence-corrected chi connectivity index (χ0v) is 11.4. The number of aromatic nitrogens is 1. The van der Waals surface area contributed by atoms with Gasteiger partial charge in [0.05, 0.1) is 17.2 Å². The Morgan fingerprint density at radius 2 is 2.00 bits per heavy atom. The quantitative estimate of drug-likeness (QED) is 0.876. The van der Waals surface area contributed by atoms with Crippen molar-refractivity contribution < 1.29 is 14.7 Å². The highest BCUT2D eigenvalue weighted by Gasteiger charge is 2.37. The molecule has 5 heteroatoms. The number of carboxylic acid groups (broad SMARTS) is 1. The Bertz CT molecular complexity index is 527. The Morgan fingerprint density at radius 3 is 2.53 bits per heavy atom. The molecular formula is C14H18N2O3. The molecular weight excluding hydrogens is 244 g/mol. The number of aryl methyl sites for hydroxylation is 2. The molecule has 0 aromatic carbocycles. The van der Waals surface area contributed by atoms with E-state index >= 15 is 0 Å². The van der Waals surface area contributed by atoms with Gasteiger partial charge >= 0.3 is 5.97 Å². The maximum atomic E-state index is 12.4. The van der Waals surface area contributed by atoms with Crippen molar-refractivity contribution >= 4 is 11.9 Å². The molecule has 0 spiro atoms. The first-order valence-corrected chi connectivity index (χ1v) is 6.36.